The van der Waals surface area contributed by atoms with E-state index in [1.165, 1.54) is 16.3 Å². The Hall–Kier alpha value is -2.31. The number of aromatic nitrogens is 2. The van der Waals surface area contributed by atoms with Crippen LogP contribution in [0, 0.1) is 0 Å². The van der Waals surface area contributed by atoms with Gasteiger partial charge in [0.05, 0.1) is 22.3 Å². The van der Waals surface area contributed by atoms with Gasteiger partial charge in [-0.25, -0.2) is 4.98 Å². The van der Waals surface area contributed by atoms with Crippen molar-refractivity contribution in [1.82, 2.24) is 14.9 Å². The molecule has 0 saturated heterocycles. The summed E-state index contributed by atoms with van der Waals surface area (Å²) in [6.45, 7) is 2.73. The van der Waals surface area contributed by atoms with E-state index in [2.05, 4.69) is 17.2 Å². The number of hydrogen-bond acceptors (Lipinski definition) is 4. The Labute approximate surface area is 166 Å². The van der Waals surface area contributed by atoms with E-state index in [0.29, 0.717) is 33.3 Å². The normalized spacial score (nSPS) is 10.9. The Kier molecular flexibility index (Phi) is 6.53. The predicted octanol–water partition coefficient (Wildman–Crippen LogP) is 4.05. The number of fused-ring (bicyclic) bond motifs is 1. The molecule has 1 amide bonds. The molecule has 0 aliphatic carbocycles. The molecular weight excluding hydrogens is 382 g/mol. The first-order chi connectivity index (χ1) is 13.1. The molecular formula is C20H20ClN3O2S. The van der Waals surface area contributed by atoms with Crippen LogP contribution in [0.3, 0.4) is 0 Å². The quantitative estimate of drug-likeness (QED) is 0.368. The monoisotopic (exact) mass is 401 g/mol. The van der Waals surface area contributed by atoms with E-state index in [9.17, 15) is 9.59 Å². The Balaban J connectivity index is 1.98. The van der Waals surface area contributed by atoms with Crippen molar-refractivity contribution in [1.29, 1.82) is 0 Å². The van der Waals surface area contributed by atoms with Gasteiger partial charge in [0.25, 0.3) is 5.56 Å². The molecule has 5 nitrogen and oxygen atoms in total. The van der Waals surface area contributed by atoms with Crippen LogP contribution in [0.5, 0.6) is 0 Å². The third-order valence-corrected chi connectivity index (χ3v) is 5.17. The fourth-order valence-corrected chi connectivity index (χ4v) is 3.66. The van der Waals surface area contributed by atoms with E-state index in [4.69, 9.17) is 11.6 Å². The number of thioether (sulfide) groups is 1. The average Bonchev–Trinajstić information content (AvgIpc) is 2.66. The van der Waals surface area contributed by atoms with Gasteiger partial charge in [0, 0.05) is 11.6 Å². The summed E-state index contributed by atoms with van der Waals surface area (Å²) in [6.07, 6.45) is 1.96. The van der Waals surface area contributed by atoms with Crippen LogP contribution in [0.2, 0.25) is 5.02 Å². The number of amides is 1. The van der Waals surface area contributed by atoms with Crippen molar-refractivity contribution in [3.8, 4) is 5.69 Å². The van der Waals surface area contributed by atoms with Crippen molar-refractivity contribution in [3.05, 3.63) is 63.9 Å². The Morgan fingerprint density at radius 1 is 1.22 bits per heavy atom. The minimum Gasteiger partial charge on any atom is -0.355 e. The molecule has 1 aromatic heterocycles. The van der Waals surface area contributed by atoms with Gasteiger partial charge in [0.15, 0.2) is 5.16 Å². The maximum Gasteiger partial charge on any atom is 0.266 e. The second-order valence-electron chi connectivity index (χ2n) is 6.02. The van der Waals surface area contributed by atoms with Crippen LogP contribution < -0.4 is 10.9 Å². The van der Waals surface area contributed by atoms with Crippen LogP contribution >= 0.6 is 23.4 Å². The number of nitrogens with one attached hydrogen (secondary N) is 1. The van der Waals surface area contributed by atoms with Gasteiger partial charge < -0.3 is 5.32 Å². The SMILES string of the molecule is CCCCNC(=O)CSc1nc2ccccc2c(=O)n1-c1cccc(Cl)c1. The summed E-state index contributed by atoms with van der Waals surface area (Å²) >= 11 is 7.35. The van der Waals surface area contributed by atoms with Gasteiger partial charge in [-0.05, 0) is 36.8 Å². The van der Waals surface area contributed by atoms with E-state index in [1.807, 2.05) is 12.1 Å². The number of para-hydroxylation sites is 1. The van der Waals surface area contributed by atoms with Crippen LogP contribution in [0.25, 0.3) is 16.6 Å². The van der Waals surface area contributed by atoms with Crippen molar-refractivity contribution in [2.75, 3.05) is 12.3 Å². The molecule has 7 heteroatoms. The van der Waals surface area contributed by atoms with Gasteiger partial charge in [-0.15, -0.1) is 0 Å². The zero-order valence-electron chi connectivity index (χ0n) is 14.9. The lowest BCUT2D eigenvalue weighted by Crippen LogP contribution is -2.27. The summed E-state index contributed by atoms with van der Waals surface area (Å²) in [5.74, 6) is 0.114. The van der Waals surface area contributed by atoms with Gasteiger partial charge in [-0.3, -0.25) is 14.2 Å². The summed E-state index contributed by atoms with van der Waals surface area (Å²) in [4.78, 5) is 29.8. The smallest absolute Gasteiger partial charge is 0.266 e. The summed E-state index contributed by atoms with van der Waals surface area (Å²) in [6, 6.07) is 14.2. The molecule has 0 spiro atoms. The largest absolute Gasteiger partial charge is 0.355 e. The van der Waals surface area contributed by atoms with Gasteiger partial charge in [-0.2, -0.15) is 0 Å². The predicted molar refractivity (Wildman–Crippen MR) is 111 cm³/mol. The third-order valence-electron chi connectivity index (χ3n) is 4.00. The fraction of sp³-hybridized carbons (Fsp3) is 0.250. The highest BCUT2D eigenvalue weighted by Crippen LogP contribution is 2.22. The molecule has 0 radical (unpaired) electrons. The maximum absolute atomic E-state index is 13.1. The summed E-state index contributed by atoms with van der Waals surface area (Å²) in [5.41, 5.74) is 1.05. The minimum atomic E-state index is -0.184. The summed E-state index contributed by atoms with van der Waals surface area (Å²) in [5, 5.41) is 4.39. The first kappa shape index (κ1) is 19.5. The van der Waals surface area contributed by atoms with Crippen molar-refractivity contribution in [2.24, 2.45) is 0 Å². The van der Waals surface area contributed by atoms with Crippen molar-refractivity contribution in [2.45, 2.75) is 24.9 Å². The van der Waals surface area contributed by atoms with Crippen LogP contribution in [-0.4, -0.2) is 27.8 Å². The zero-order chi connectivity index (χ0) is 19.2. The molecule has 27 heavy (non-hydrogen) atoms. The van der Waals surface area contributed by atoms with Crippen molar-refractivity contribution < 1.29 is 4.79 Å². The Bertz CT molecular complexity index is 1020. The highest BCUT2D eigenvalue weighted by Gasteiger charge is 2.14. The number of carbonyl (C=O) groups is 1. The number of rotatable bonds is 7. The lowest BCUT2D eigenvalue weighted by atomic mass is 10.2. The van der Waals surface area contributed by atoms with E-state index in [1.54, 1.807) is 36.4 Å². The standard InChI is InChI=1S/C20H20ClN3O2S/c1-2-3-11-22-18(25)13-27-20-23-17-10-5-4-9-16(17)19(26)24(20)15-8-6-7-14(21)12-15/h4-10,12H,2-3,11,13H2,1H3,(H,22,25). The van der Waals surface area contributed by atoms with Gasteiger partial charge in [0.2, 0.25) is 5.91 Å². The molecule has 0 unspecified atom stereocenters. The maximum atomic E-state index is 13.1. The molecule has 0 fully saturated rings. The molecule has 140 valence electrons. The molecule has 0 atom stereocenters. The first-order valence-corrected chi connectivity index (χ1v) is 10.1. The number of nitrogens with zero attached hydrogens (tertiary/aromatic N) is 2. The van der Waals surface area contributed by atoms with Crippen molar-refractivity contribution in [3.63, 3.8) is 0 Å². The van der Waals surface area contributed by atoms with Crippen molar-refractivity contribution >= 4 is 40.2 Å². The second-order valence-corrected chi connectivity index (χ2v) is 7.40. The van der Waals surface area contributed by atoms with E-state index < -0.39 is 0 Å². The van der Waals surface area contributed by atoms with Gasteiger partial charge in [0.1, 0.15) is 0 Å². The minimum absolute atomic E-state index is 0.0755. The molecule has 0 saturated carbocycles. The summed E-state index contributed by atoms with van der Waals surface area (Å²) in [7, 11) is 0. The highest BCUT2D eigenvalue weighted by atomic mass is 35.5. The zero-order valence-corrected chi connectivity index (χ0v) is 16.5. The Morgan fingerprint density at radius 2 is 2.04 bits per heavy atom. The van der Waals surface area contributed by atoms with Crippen LogP contribution in [-0.2, 0) is 4.79 Å². The molecule has 0 bridgehead atoms. The van der Waals surface area contributed by atoms with Gasteiger partial charge >= 0.3 is 0 Å². The number of unbranched alkanes of at least 4 members (excludes halogenated alkanes) is 1. The van der Waals surface area contributed by atoms with Crippen LogP contribution in [0.1, 0.15) is 19.8 Å². The lowest BCUT2D eigenvalue weighted by Gasteiger charge is -2.13. The third kappa shape index (κ3) is 4.70. The number of carbonyl (C=O) groups excluding carboxylic acids is 1. The first-order valence-electron chi connectivity index (χ1n) is 8.77. The number of benzene rings is 2. The summed E-state index contributed by atoms with van der Waals surface area (Å²) < 4.78 is 1.51. The van der Waals surface area contributed by atoms with E-state index >= 15 is 0 Å². The number of hydrogen-bond donors (Lipinski definition) is 1. The molecule has 0 aliphatic heterocycles. The Morgan fingerprint density at radius 3 is 2.81 bits per heavy atom. The van der Waals surface area contributed by atoms with E-state index in [-0.39, 0.29) is 17.2 Å². The molecule has 0 aliphatic rings. The number of halogens is 1. The van der Waals surface area contributed by atoms with Gasteiger partial charge in [-0.1, -0.05) is 54.9 Å². The van der Waals surface area contributed by atoms with E-state index in [0.717, 1.165) is 12.8 Å². The lowest BCUT2D eigenvalue weighted by molar-refractivity contribution is -0.118. The topological polar surface area (TPSA) is 64.0 Å². The van der Waals surface area contributed by atoms with Crippen LogP contribution in [0.4, 0.5) is 0 Å². The fourth-order valence-electron chi connectivity index (χ4n) is 2.64. The molecule has 2 aromatic carbocycles. The molecule has 1 N–H and O–H groups in total. The highest BCUT2D eigenvalue weighted by molar-refractivity contribution is 7.99. The van der Waals surface area contributed by atoms with Crippen LogP contribution in [0.15, 0.2) is 58.5 Å². The molecule has 1 heterocycles. The second kappa shape index (κ2) is 9.06. The average molecular weight is 402 g/mol. The molecule has 3 aromatic rings. The molecule has 3 rings (SSSR count).